The molecular weight excluding hydrogens is 239 g/mol. The Morgan fingerprint density at radius 1 is 1.70 bits per heavy atom. The van der Waals surface area contributed by atoms with Crippen LogP contribution in [0.4, 0.5) is 0 Å². The number of amidine groups is 1. The topological polar surface area (TPSA) is 15.6 Å². The molecule has 58 valence electrons. The molecule has 1 atom stereocenters. The molecule has 0 N–H and O–H groups in total. The third-order valence-corrected chi connectivity index (χ3v) is 2.94. The van der Waals surface area contributed by atoms with E-state index >= 15 is 0 Å². The summed E-state index contributed by atoms with van der Waals surface area (Å²) in [7, 11) is 3.99. The van der Waals surface area contributed by atoms with Crippen molar-refractivity contribution in [3.8, 4) is 0 Å². The van der Waals surface area contributed by atoms with E-state index in [2.05, 4.69) is 39.5 Å². The number of alkyl halides is 1. The Balaban J connectivity index is 2.54. The summed E-state index contributed by atoms with van der Waals surface area (Å²) < 4.78 is 0.799. The van der Waals surface area contributed by atoms with Crippen LogP contribution in [0.5, 0.6) is 0 Å². The second-order valence-electron chi connectivity index (χ2n) is 2.65. The molecule has 0 radical (unpaired) electrons. The van der Waals surface area contributed by atoms with Gasteiger partial charge < -0.3 is 4.90 Å². The van der Waals surface area contributed by atoms with E-state index in [1.54, 1.807) is 0 Å². The molecule has 0 amide bonds. The molecule has 1 saturated heterocycles. The highest BCUT2D eigenvalue weighted by Crippen LogP contribution is 2.18. The standard InChI is InChI=1S/C7H13IN2/c1-9-7-5-6(8)3-4-10(7)2/h6H,3-5H2,1-2H3. The van der Waals surface area contributed by atoms with Crippen LogP contribution in [0.25, 0.3) is 0 Å². The minimum Gasteiger partial charge on any atom is -0.363 e. The maximum absolute atomic E-state index is 4.22. The van der Waals surface area contributed by atoms with Crippen LogP contribution in [0.3, 0.4) is 0 Å². The number of halogens is 1. The van der Waals surface area contributed by atoms with Crippen molar-refractivity contribution in [2.45, 2.75) is 16.8 Å². The molecule has 1 aliphatic heterocycles. The largest absolute Gasteiger partial charge is 0.363 e. The lowest BCUT2D eigenvalue weighted by Gasteiger charge is -2.28. The van der Waals surface area contributed by atoms with Gasteiger partial charge in [-0.3, -0.25) is 4.99 Å². The predicted octanol–water partition coefficient (Wildman–Crippen LogP) is 1.54. The molecule has 1 fully saturated rings. The van der Waals surface area contributed by atoms with Gasteiger partial charge in [-0.25, -0.2) is 0 Å². The summed E-state index contributed by atoms with van der Waals surface area (Å²) in [6.07, 6.45) is 2.45. The second kappa shape index (κ2) is 3.55. The van der Waals surface area contributed by atoms with Gasteiger partial charge in [-0.2, -0.15) is 0 Å². The number of nitrogens with zero attached hydrogens (tertiary/aromatic N) is 2. The molecule has 1 unspecified atom stereocenters. The highest BCUT2D eigenvalue weighted by molar-refractivity contribution is 14.1. The van der Waals surface area contributed by atoms with Crippen molar-refractivity contribution in [3.63, 3.8) is 0 Å². The molecule has 0 saturated carbocycles. The molecular formula is C7H13IN2. The third kappa shape index (κ3) is 1.84. The van der Waals surface area contributed by atoms with Gasteiger partial charge in [0, 0.05) is 31.0 Å². The van der Waals surface area contributed by atoms with Gasteiger partial charge >= 0.3 is 0 Å². The zero-order valence-corrected chi connectivity index (χ0v) is 8.63. The van der Waals surface area contributed by atoms with E-state index in [9.17, 15) is 0 Å². The first-order chi connectivity index (χ1) is 4.74. The van der Waals surface area contributed by atoms with E-state index in [0.29, 0.717) is 0 Å². The Labute approximate surface area is 75.8 Å². The average Bonchev–Trinajstić information content (AvgIpc) is 1.94. The number of piperidine rings is 1. The maximum atomic E-state index is 4.22. The van der Waals surface area contributed by atoms with Crippen molar-refractivity contribution in [3.05, 3.63) is 0 Å². The van der Waals surface area contributed by atoms with Crippen LogP contribution in [0.1, 0.15) is 12.8 Å². The quantitative estimate of drug-likeness (QED) is 0.471. The number of rotatable bonds is 0. The van der Waals surface area contributed by atoms with Gasteiger partial charge in [0.2, 0.25) is 0 Å². The van der Waals surface area contributed by atoms with Gasteiger partial charge in [-0.05, 0) is 6.42 Å². The summed E-state index contributed by atoms with van der Waals surface area (Å²) >= 11 is 2.50. The van der Waals surface area contributed by atoms with Gasteiger partial charge in [-0.1, -0.05) is 22.6 Å². The van der Waals surface area contributed by atoms with Gasteiger partial charge in [0.05, 0.1) is 5.84 Å². The Hall–Kier alpha value is 0.200. The Kier molecular flexibility index (Phi) is 2.95. The Morgan fingerprint density at radius 2 is 2.40 bits per heavy atom. The molecule has 1 aliphatic rings. The van der Waals surface area contributed by atoms with Crippen molar-refractivity contribution in [1.82, 2.24) is 4.90 Å². The predicted molar refractivity (Wildman–Crippen MR) is 53.0 cm³/mol. The van der Waals surface area contributed by atoms with Crippen LogP contribution in [-0.4, -0.2) is 35.3 Å². The average molecular weight is 252 g/mol. The highest BCUT2D eigenvalue weighted by atomic mass is 127. The fourth-order valence-corrected chi connectivity index (χ4v) is 1.85. The molecule has 0 aromatic rings. The van der Waals surface area contributed by atoms with Crippen molar-refractivity contribution < 1.29 is 0 Å². The molecule has 3 heteroatoms. The van der Waals surface area contributed by atoms with Crippen molar-refractivity contribution >= 4 is 28.4 Å². The summed E-state index contributed by atoms with van der Waals surface area (Å²) in [5, 5.41) is 0. The van der Waals surface area contributed by atoms with Crippen molar-refractivity contribution in [2.75, 3.05) is 20.6 Å². The molecule has 0 spiro atoms. The third-order valence-electron chi connectivity index (χ3n) is 1.88. The van der Waals surface area contributed by atoms with E-state index in [4.69, 9.17) is 0 Å². The Bertz CT molecular complexity index is 145. The van der Waals surface area contributed by atoms with E-state index in [-0.39, 0.29) is 0 Å². The molecule has 1 heterocycles. The number of hydrogen-bond acceptors (Lipinski definition) is 1. The van der Waals surface area contributed by atoms with E-state index in [1.807, 2.05) is 7.05 Å². The van der Waals surface area contributed by atoms with Crippen LogP contribution in [-0.2, 0) is 0 Å². The van der Waals surface area contributed by atoms with E-state index in [0.717, 1.165) is 10.3 Å². The van der Waals surface area contributed by atoms with Crippen LogP contribution in [0, 0.1) is 0 Å². The van der Waals surface area contributed by atoms with Crippen LogP contribution < -0.4 is 0 Å². The van der Waals surface area contributed by atoms with Crippen LogP contribution in [0.2, 0.25) is 0 Å². The summed E-state index contributed by atoms with van der Waals surface area (Å²) in [5.74, 6) is 1.26. The summed E-state index contributed by atoms with van der Waals surface area (Å²) in [6, 6.07) is 0. The monoisotopic (exact) mass is 252 g/mol. The van der Waals surface area contributed by atoms with Gasteiger partial charge in [0.25, 0.3) is 0 Å². The highest BCUT2D eigenvalue weighted by Gasteiger charge is 2.18. The summed E-state index contributed by atoms with van der Waals surface area (Å²) in [4.78, 5) is 6.46. The molecule has 0 aromatic carbocycles. The first-order valence-electron chi connectivity index (χ1n) is 3.55. The number of likely N-dealkylation sites (tertiary alicyclic amines) is 1. The zero-order valence-electron chi connectivity index (χ0n) is 6.47. The lowest BCUT2D eigenvalue weighted by molar-refractivity contribution is 0.444. The minimum atomic E-state index is 0.799. The van der Waals surface area contributed by atoms with Gasteiger partial charge in [0.1, 0.15) is 0 Å². The summed E-state index contributed by atoms with van der Waals surface area (Å²) in [5.41, 5.74) is 0. The normalized spacial score (nSPS) is 31.3. The SMILES string of the molecule is CN=C1CC(I)CCN1C. The molecule has 1 rings (SSSR count). The van der Waals surface area contributed by atoms with Gasteiger partial charge in [-0.15, -0.1) is 0 Å². The molecule has 10 heavy (non-hydrogen) atoms. The van der Waals surface area contributed by atoms with Crippen LogP contribution in [0.15, 0.2) is 4.99 Å². The number of hydrogen-bond donors (Lipinski definition) is 0. The molecule has 2 nitrogen and oxygen atoms in total. The molecule has 0 bridgehead atoms. The lowest BCUT2D eigenvalue weighted by atomic mass is 10.1. The number of aliphatic imine (C=N–C) groups is 1. The lowest BCUT2D eigenvalue weighted by Crippen LogP contribution is -2.35. The fraction of sp³-hybridized carbons (Fsp3) is 0.857. The minimum absolute atomic E-state index is 0.799. The van der Waals surface area contributed by atoms with E-state index in [1.165, 1.54) is 18.8 Å². The zero-order chi connectivity index (χ0) is 7.56. The molecule has 0 aromatic heterocycles. The van der Waals surface area contributed by atoms with Gasteiger partial charge in [0.15, 0.2) is 0 Å². The van der Waals surface area contributed by atoms with E-state index < -0.39 is 0 Å². The summed E-state index contributed by atoms with van der Waals surface area (Å²) in [6.45, 7) is 1.17. The fourth-order valence-electron chi connectivity index (χ4n) is 1.18. The maximum Gasteiger partial charge on any atom is 0.0993 e. The van der Waals surface area contributed by atoms with Crippen LogP contribution >= 0.6 is 22.6 Å². The first kappa shape index (κ1) is 8.30. The first-order valence-corrected chi connectivity index (χ1v) is 4.79. The Morgan fingerprint density at radius 3 is 2.90 bits per heavy atom. The smallest absolute Gasteiger partial charge is 0.0993 e. The van der Waals surface area contributed by atoms with Crippen molar-refractivity contribution in [2.24, 2.45) is 4.99 Å². The molecule has 0 aliphatic carbocycles. The second-order valence-corrected chi connectivity index (χ2v) is 4.41. The van der Waals surface area contributed by atoms with Crippen molar-refractivity contribution in [1.29, 1.82) is 0 Å².